The second-order valence-corrected chi connectivity index (χ2v) is 2.26. The van der Waals surface area contributed by atoms with Crippen LogP contribution in [0.5, 0.6) is 0 Å². The van der Waals surface area contributed by atoms with Gasteiger partial charge in [0.2, 0.25) is 0 Å². The van der Waals surface area contributed by atoms with Crippen LogP contribution in [-0.4, -0.2) is 32.7 Å². The smallest absolute Gasteiger partial charge is 0.189 e. The van der Waals surface area contributed by atoms with E-state index in [0.29, 0.717) is 19.8 Å². The van der Waals surface area contributed by atoms with Crippen molar-refractivity contribution in [3.63, 3.8) is 0 Å². The van der Waals surface area contributed by atoms with E-state index in [1.165, 1.54) is 0 Å². The Labute approximate surface area is 54.9 Å². The van der Waals surface area contributed by atoms with E-state index < -0.39 is 5.79 Å². The molecule has 0 aliphatic carbocycles. The molecule has 1 fully saturated rings. The molecule has 1 heterocycles. The van der Waals surface area contributed by atoms with Crippen LogP contribution in [0.25, 0.3) is 0 Å². The van der Waals surface area contributed by atoms with Gasteiger partial charge in [-0.25, -0.2) is 0 Å². The molecule has 3 nitrogen and oxygen atoms in total. The Morgan fingerprint density at radius 3 is 2.44 bits per heavy atom. The molecule has 1 saturated heterocycles. The average molecular weight is 132 g/mol. The van der Waals surface area contributed by atoms with Crippen molar-refractivity contribution in [3.8, 4) is 0 Å². The van der Waals surface area contributed by atoms with Gasteiger partial charge < -0.3 is 14.2 Å². The van der Waals surface area contributed by atoms with Crippen LogP contribution in [0.3, 0.4) is 0 Å². The first-order valence-corrected chi connectivity index (χ1v) is 3.04. The molecular weight excluding hydrogens is 120 g/mol. The molecule has 0 aromatic carbocycles. The molecule has 3 heteroatoms. The zero-order chi connectivity index (χ0) is 6.74. The fourth-order valence-electron chi connectivity index (χ4n) is 0.902. The molecule has 0 aromatic rings. The van der Waals surface area contributed by atoms with Crippen LogP contribution in [0.4, 0.5) is 0 Å². The first kappa shape index (κ1) is 6.99. The highest BCUT2D eigenvalue weighted by atomic mass is 16.7. The summed E-state index contributed by atoms with van der Waals surface area (Å²) in [5.41, 5.74) is 0. The van der Waals surface area contributed by atoms with E-state index in [4.69, 9.17) is 14.2 Å². The summed E-state index contributed by atoms with van der Waals surface area (Å²) in [6.07, 6.45) is 0. The molecule has 1 aliphatic rings. The molecule has 1 aliphatic heterocycles. The van der Waals surface area contributed by atoms with Crippen LogP contribution in [-0.2, 0) is 14.2 Å². The molecular formula is C6H12O3. The van der Waals surface area contributed by atoms with Gasteiger partial charge in [-0.3, -0.25) is 0 Å². The monoisotopic (exact) mass is 132 g/mol. The molecule has 0 radical (unpaired) electrons. The average Bonchev–Trinajstić information content (AvgIpc) is 2.16. The van der Waals surface area contributed by atoms with Gasteiger partial charge >= 0.3 is 0 Å². The lowest BCUT2D eigenvalue weighted by Gasteiger charge is -2.20. The lowest BCUT2D eigenvalue weighted by molar-refractivity contribution is -0.174. The Bertz CT molecular complexity index is 86.3. The summed E-state index contributed by atoms with van der Waals surface area (Å²) in [6, 6.07) is 0. The van der Waals surface area contributed by atoms with E-state index >= 15 is 0 Å². The van der Waals surface area contributed by atoms with Crippen molar-refractivity contribution in [2.75, 3.05) is 26.9 Å². The maximum Gasteiger partial charge on any atom is 0.189 e. The molecule has 1 rings (SSSR count). The third-order valence-electron chi connectivity index (χ3n) is 1.30. The molecule has 0 bridgehead atoms. The topological polar surface area (TPSA) is 27.7 Å². The highest BCUT2D eigenvalue weighted by molar-refractivity contribution is 4.65. The maximum absolute atomic E-state index is 5.23. The molecule has 0 N–H and O–H groups in total. The Morgan fingerprint density at radius 2 is 2.00 bits per heavy atom. The Morgan fingerprint density at radius 1 is 1.44 bits per heavy atom. The normalized spacial score (nSPS) is 24.7. The van der Waals surface area contributed by atoms with Crippen molar-refractivity contribution in [1.82, 2.24) is 0 Å². The summed E-state index contributed by atoms with van der Waals surface area (Å²) in [4.78, 5) is 0. The summed E-state index contributed by atoms with van der Waals surface area (Å²) in [5, 5.41) is 0. The molecule has 9 heavy (non-hydrogen) atoms. The van der Waals surface area contributed by atoms with E-state index in [0.717, 1.165) is 0 Å². The number of methoxy groups -OCH3 is 1. The molecule has 0 saturated carbocycles. The van der Waals surface area contributed by atoms with Gasteiger partial charge in [0.1, 0.15) is 0 Å². The van der Waals surface area contributed by atoms with Crippen LogP contribution >= 0.6 is 0 Å². The third kappa shape index (κ3) is 1.64. The fraction of sp³-hybridized carbons (Fsp3) is 1.00. The Hall–Kier alpha value is -0.120. The lowest BCUT2D eigenvalue weighted by Crippen LogP contribution is -2.31. The Kier molecular flexibility index (Phi) is 2.05. The standard InChI is InChI=1S/C6H12O3/c1-6(5-7-2)8-3-4-9-6/h3-5H2,1-2H3. The first-order chi connectivity index (χ1) is 4.27. The van der Waals surface area contributed by atoms with Crippen molar-refractivity contribution in [3.05, 3.63) is 0 Å². The maximum atomic E-state index is 5.23. The predicted octanol–water partition coefficient (Wildman–Crippen LogP) is 0.396. The summed E-state index contributed by atoms with van der Waals surface area (Å²) in [5.74, 6) is -0.477. The van der Waals surface area contributed by atoms with Crippen molar-refractivity contribution in [1.29, 1.82) is 0 Å². The molecule has 0 spiro atoms. The third-order valence-corrected chi connectivity index (χ3v) is 1.30. The van der Waals surface area contributed by atoms with Gasteiger partial charge in [0.15, 0.2) is 5.79 Å². The lowest BCUT2D eigenvalue weighted by atomic mass is 10.3. The van der Waals surface area contributed by atoms with E-state index in [9.17, 15) is 0 Å². The summed E-state index contributed by atoms with van der Waals surface area (Å²) < 4.78 is 15.3. The minimum absolute atomic E-state index is 0.477. The molecule has 0 atom stereocenters. The largest absolute Gasteiger partial charge is 0.379 e. The van der Waals surface area contributed by atoms with E-state index in [2.05, 4.69) is 0 Å². The van der Waals surface area contributed by atoms with Crippen LogP contribution in [0.1, 0.15) is 6.92 Å². The van der Waals surface area contributed by atoms with E-state index in [-0.39, 0.29) is 0 Å². The molecule has 54 valence electrons. The Balaban J connectivity index is 2.32. The van der Waals surface area contributed by atoms with Gasteiger partial charge in [-0.05, 0) is 6.92 Å². The highest BCUT2D eigenvalue weighted by Gasteiger charge is 2.30. The van der Waals surface area contributed by atoms with Gasteiger partial charge in [0.25, 0.3) is 0 Å². The van der Waals surface area contributed by atoms with Crippen molar-refractivity contribution >= 4 is 0 Å². The van der Waals surface area contributed by atoms with Crippen molar-refractivity contribution in [2.24, 2.45) is 0 Å². The quantitative estimate of drug-likeness (QED) is 0.544. The summed E-state index contributed by atoms with van der Waals surface area (Å²) >= 11 is 0. The van der Waals surface area contributed by atoms with Gasteiger partial charge in [-0.1, -0.05) is 0 Å². The van der Waals surface area contributed by atoms with Crippen molar-refractivity contribution < 1.29 is 14.2 Å². The van der Waals surface area contributed by atoms with E-state index in [1.54, 1.807) is 7.11 Å². The van der Waals surface area contributed by atoms with Crippen molar-refractivity contribution in [2.45, 2.75) is 12.7 Å². The second kappa shape index (κ2) is 2.64. The SMILES string of the molecule is COCC1(C)OCCO1. The number of ether oxygens (including phenoxy) is 3. The number of hydrogen-bond acceptors (Lipinski definition) is 3. The van der Waals surface area contributed by atoms with Gasteiger partial charge in [0.05, 0.1) is 19.8 Å². The minimum Gasteiger partial charge on any atom is -0.379 e. The minimum atomic E-state index is -0.477. The fourth-order valence-corrected chi connectivity index (χ4v) is 0.902. The highest BCUT2D eigenvalue weighted by Crippen LogP contribution is 2.17. The summed E-state index contributed by atoms with van der Waals surface area (Å²) in [7, 11) is 1.64. The molecule has 0 unspecified atom stereocenters. The van der Waals surface area contributed by atoms with Crippen LogP contribution in [0.15, 0.2) is 0 Å². The van der Waals surface area contributed by atoms with Gasteiger partial charge in [0, 0.05) is 7.11 Å². The zero-order valence-corrected chi connectivity index (χ0v) is 5.85. The number of hydrogen-bond donors (Lipinski definition) is 0. The second-order valence-electron chi connectivity index (χ2n) is 2.26. The molecule has 0 amide bonds. The van der Waals surface area contributed by atoms with Crippen LogP contribution in [0.2, 0.25) is 0 Å². The van der Waals surface area contributed by atoms with Gasteiger partial charge in [-0.15, -0.1) is 0 Å². The predicted molar refractivity (Wildman–Crippen MR) is 32.2 cm³/mol. The first-order valence-electron chi connectivity index (χ1n) is 3.04. The van der Waals surface area contributed by atoms with Gasteiger partial charge in [-0.2, -0.15) is 0 Å². The number of rotatable bonds is 2. The van der Waals surface area contributed by atoms with Crippen LogP contribution in [0, 0.1) is 0 Å². The van der Waals surface area contributed by atoms with E-state index in [1.807, 2.05) is 6.92 Å². The zero-order valence-electron chi connectivity index (χ0n) is 5.85. The molecule has 0 aromatic heterocycles. The summed E-state index contributed by atoms with van der Waals surface area (Å²) in [6.45, 7) is 3.75. The van der Waals surface area contributed by atoms with Crippen LogP contribution < -0.4 is 0 Å².